The van der Waals surface area contributed by atoms with Crippen LogP contribution in [0, 0.1) is 0 Å². The fourth-order valence-electron chi connectivity index (χ4n) is 4.86. The molecule has 1 aliphatic rings. The molecule has 0 aliphatic carbocycles. The molecular weight excluding hydrogens is 560 g/mol. The van der Waals surface area contributed by atoms with Gasteiger partial charge in [-0.05, 0) is 18.4 Å². The molecule has 0 radical (unpaired) electrons. The van der Waals surface area contributed by atoms with Crippen molar-refractivity contribution < 1.29 is 52.3 Å². The van der Waals surface area contributed by atoms with E-state index in [1.807, 2.05) is 30.3 Å². The number of esters is 4. The van der Waals surface area contributed by atoms with Crippen molar-refractivity contribution >= 4 is 23.9 Å². The highest BCUT2D eigenvalue weighted by molar-refractivity contribution is 5.69. The third-order valence-corrected chi connectivity index (χ3v) is 6.97. The van der Waals surface area contributed by atoms with Gasteiger partial charge in [-0.3, -0.25) is 19.2 Å². The molecule has 1 aromatic carbocycles. The van der Waals surface area contributed by atoms with E-state index in [9.17, 15) is 19.2 Å². The summed E-state index contributed by atoms with van der Waals surface area (Å²) in [4.78, 5) is 46.9. The van der Waals surface area contributed by atoms with Crippen molar-refractivity contribution in [3.05, 3.63) is 35.9 Å². The van der Waals surface area contributed by atoms with Gasteiger partial charge < -0.3 is 33.2 Å². The lowest BCUT2D eigenvalue weighted by molar-refractivity contribution is -0.313. The highest BCUT2D eigenvalue weighted by Gasteiger charge is 2.51. The lowest BCUT2D eigenvalue weighted by Crippen LogP contribution is -2.62. The molecular formula is C32H48O11. The molecule has 0 unspecified atom stereocenters. The van der Waals surface area contributed by atoms with Crippen LogP contribution in [0.4, 0.5) is 0 Å². The van der Waals surface area contributed by atoms with Gasteiger partial charge in [-0.1, -0.05) is 75.3 Å². The van der Waals surface area contributed by atoms with Crippen LogP contribution in [0.5, 0.6) is 0 Å². The van der Waals surface area contributed by atoms with Crippen molar-refractivity contribution in [1.82, 2.24) is 0 Å². The summed E-state index contributed by atoms with van der Waals surface area (Å²) in [5.74, 6) is -1.83. The van der Waals surface area contributed by atoms with E-state index in [-0.39, 0.29) is 19.2 Å². The van der Waals surface area contributed by atoms with Gasteiger partial charge in [-0.25, -0.2) is 0 Å². The lowest BCUT2D eigenvalue weighted by atomic mass is 9.98. The molecule has 0 bridgehead atoms. The van der Waals surface area contributed by atoms with E-state index in [2.05, 4.69) is 4.74 Å². The van der Waals surface area contributed by atoms with Crippen LogP contribution in [0.25, 0.3) is 0 Å². The fraction of sp³-hybridized carbons (Fsp3) is 0.688. The van der Waals surface area contributed by atoms with E-state index in [1.54, 1.807) is 0 Å². The van der Waals surface area contributed by atoms with Crippen molar-refractivity contribution in [2.24, 2.45) is 0 Å². The number of unbranched alkanes of at least 4 members (excludes halogenated alkanes) is 8. The number of methoxy groups -OCH3 is 1. The monoisotopic (exact) mass is 608 g/mol. The van der Waals surface area contributed by atoms with Crippen LogP contribution in [-0.4, -0.2) is 74.9 Å². The Morgan fingerprint density at radius 2 is 1.28 bits per heavy atom. The Bertz CT molecular complexity index is 967. The van der Waals surface area contributed by atoms with E-state index in [0.29, 0.717) is 13.0 Å². The summed E-state index contributed by atoms with van der Waals surface area (Å²) in [6, 6.07) is 9.40. The molecule has 1 aromatic rings. The average Bonchev–Trinajstić information content (AvgIpc) is 2.97. The first kappa shape index (κ1) is 36.2. The van der Waals surface area contributed by atoms with Gasteiger partial charge in [0.2, 0.25) is 0 Å². The summed E-state index contributed by atoms with van der Waals surface area (Å²) >= 11 is 0. The second-order valence-corrected chi connectivity index (χ2v) is 10.6. The van der Waals surface area contributed by atoms with Crippen LogP contribution in [0.3, 0.4) is 0 Å². The second kappa shape index (κ2) is 20.8. The molecule has 5 atom stereocenters. The Morgan fingerprint density at radius 3 is 1.86 bits per heavy atom. The minimum atomic E-state index is -1.03. The summed E-state index contributed by atoms with van der Waals surface area (Å²) in [6.07, 6.45) is 4.70. The third kappa shape index (κ3) is 14.8. The highest BCUT2D eigenvalue weighted by atomic mass is 16.7. The van der Waals surface area contributed by atoms with Crippen LogP contribution in [0.15, 0.2) is 30.3 Å². The molecule has 0 saturated carbocycles. The van der Waals surface area contributed by atoms with Gasteiger partial charge in [-0.15, -0.1) is 0 Å². The normalized spacial score (nSPS) is 21.5. The van der Waals surface area contributed by atoms with Gasteiger partial charge in [0, 0.05) is 33.8 Å². The third-order valence-electron chi connectivity index (χ3n) is 6.97. The zero-order valence-corrected chi connectivity index (χ0v) is 26.0. The summed E-state index contributed by atoms with van der Waals surface area (Å²) in [6.45, 7) is 4.10. The van der Waals surface area contributed by atoms with Crippen molar-refractivity contribution in [2.75, 3.05) is 20.3 Å². The number of hydrogen-bond donors (Lipinski definition) is 0. The van der Waals surface area contributed by atoms with E-state index in [4.69, 9.17) is 28.4 Å². The maximum atomic E-state index is 12.1. The van der Waals surface area contributed by atoms with Gasteiger partial charge in [0.1, 0.15) is 18.8 Å². The van der Waals surface area contributed by atoms with Gasteiger partial charge in [0.15, 0.2) is 18.5 Å². The van der Waals surface area contributed by atoms with E-state index in [1.165, 1.54) is 27.9 Å². The molecule has 242 valence electrons. The first-order valence-electron chi connectivity index (χ1n) is 15.2. The number of benzene rings is 1. The Hall–Kier alpha value is -3.02. The maximum absolute atomic E-state index is 12.1. The lowest BCUT2D eigenvalue weighted by Gasteiger charge is -2.44. The number of carbonyl (C=O) groups is 4. The number of hydrogen-bond acceptors (Lipinski definition) is 11. The predicted octanol–water partition coefficient (Wildman–Crippen LogP) is 4.81. The topological polar surface area (TPSA) is 133 Å². The Balaban J connectivity index is 1.95. The largest absolute Gasteiger partial charge is 0.469 e. The van der Waals surface area contributed by atoms with Crippen molar-refractivity contribution in [3.63, 3.8) is 0 Å². The fourth-order valence-corrected chi connectivity index (χ4v) is 4.86. The van der Waals surface area contributed by atoms with Crippen molar-refractivity contribution in [1.29, 1.82) is 0 Å². The molecule has 1 aliphatic heterocycles. The molecule has 0 N–H and O–H groups in total. The zero-order chi connectivity index (χ0) is 31.5. The zero-order valence-electron chi connectivity index (χ0n) is 26.0. The summed E-state index contributed by atoms with van der Waals surface area (Å²) in [7, 11) is 1.41. The molecule has 0 amide bonds. The minimum absolute atomic E-state index is 0.152. The molecule has 43 heavy (non-hydrogen) atoms. The maximum Gasteiger partial charge on any atom is 0.305 e. The first-order chi connectivity index (χ1) is 20.7. The quantitative estimate of drug-likeness (QED) is 0.115. The van der Waals surface area contributed by atoms with Crippen LogP contribution < -0.4 is 0 Å². The highest BCUT2D eigenvalue weighted by Crippen LogP contribution is 2.30. The van der Waals surface area contributed by atoms with Gasteiger partial charge in [0.25, 0.3) is 0 Å². The Labute approximate surface area is 254 Å². The average molecular weight is 609 g/mol. The summed E-state index contributed by atoms with van der Waals surface area (Å²) in [5.41, 5.74) is 0.868. The number of ether oxygens (including phenoxy) is 7. The Morgan fingerprint density at radius 1 is 0.698 bits per heavy atom. The minimum Gasteiger partial charge on any atom is -0.469 e. The molecule has 1 fully saturated rings. The number of rotatable bonds is 20. The molecule has 0 spiro atoms. The van der Waals surface area contributed by atoms with E-state index in [0.717, 1.165) is 63.4 Å². The summed E-state index contributed by atoms with van der Waals surface area (Å²) in [5, 5.41) is 0. The van der Waals surface area contributed by atoms with E-state index < -0.39 is 48.6 Å². The SMILES string of the molecule is COC(=O)CCCCCCCCCCCO[C@@H]1O[C@H](COC(C)=O)[C@@H](OC(C)=O)[C@H](OCc2ccccc2)[C@H]1OC(C)=O. The van der Waals surface area contributed by atoms with Crippen LogP contribution in [0.1, 0.15) is 90.5 Å². The summed E-state index contributed by atoms with van der Waals surface area (Å²) < 4.78 is 39.4. The Kier molecular flexibility index (Phi) is 17.5. The standard InChI is InChI=1S/C32H48O11/c1-23(33)39-22-27-29(41-24(2)34)30(40-21-26-17-13-12-14-18-26)31(42-25(3)35)32(43-27)38-20-16-11-9-7-5-6-8-10-15-19-28(36)37-4/h12-14,17-18,27,29-32H,5-11,15-16,19-22H2,1-4H3/t27-,29-,30+,31-,32-/m1/s1. The smallest absolute Gasteiger partial charge is 0.305 e. The van der Waals surface area contributed by atoms with Crippen LogP contribution in [0.2, 0.25) is 0 Å². The molecule has 0 aromatic heterocycles. The van der Waals surface area contributed by atoms with E-state index >= 15 is 0 Å². The first-order valence-corrected chi connectivity index (χ1v) is 15.2. The van der Waals surface area contributed by atoms with Gasteiger partial charge in [-0.2, -0.15) is 0 Å². The second-order valence-electron chi connectivity index (χ2n) is 10.6. The van der Waals surface area contributed by atoms with Gasteiger partial charge >= 0.3 is 23.9 Å². The molecule has 11 nitrogen and oxygen atoms in total. The molecule has 1 heterocycles. The molecule has 2 rings (SSSR count). The van der Waals surface area contributed by atoms with Crippen LogP contribution >= 0.6 is 0 Å². The van der Waals surface area contributed by atoms with Crippen LogP contribution in [-0.2, 0) is 58.9 Å². The van der Waals surface area contributed by atoms with Gasteiger partial charge in [0.05, 0.1) is 13.7 Å². The predicted molar refractivity (Wildman–Crippen MR) is 156 cm³/mol. The van der Waals surface area contributed by atoms with Crippen molar-refractivity contribution in [3.8, 4) is 0 Å². The molecule has 1 saturated heterocycles. The molecule has 11 heteroatoms. The number of carbonyl (C=O) groups excluding carboxylic acids is 4. The van der Waals surface area contributed by atoms with Crippen molar-refractivity contribution in [2.45, 2.75) is 122 Å².